The van der Waals surface area contributed by atoms with Crippen molar-refractivity contribution in [2.45, 2.75) is 11.4 Å². The van der Waals surface area contributed by atoms with E-state index in [-0.39, 0.29) is 28.5 Å². The molecule has 0 aliphatic rings. The van der Waals surface area contributed by atoms with Gasteiger partial charge in [0.1, 0.15) is 16.2 Å². The van der Waals surface area contributed by atoms with Crippen LogP contribution in [0.15, 0.2) is 91.4 Å². The lowest BCUT2D eigenvalue weighted by Gasteiger charge is -2.12. The molecule has 9 nitrogen and oxygen atoms in total. The number of nitro groups is 1. The first-order valence-electron chi connectivity index (χ1n) is 9.47. The lowest BCUT2D eigenvalue weighted by Crippen LogP contribution is -2.11. The Morgan fingerprint density at radius 1 is 1.03 bits per heavy atom. The fraction of sp³-hybridized carbons (Fsp3) is 0.0455. The first-order valence-corrected chi connectivity index (χ1v) is 11.7. The highest BCUT2D eigenvalue weighted by Gasteiger charge is 2.20. The third-order valence-electron chi connectivity index (χ3n) is 4.63. The monoisotopic (exact) mass is 530 g/mol. The Balaban J connectivity index is 1.58. The Morgan fingerprint density at radius 3 is 2.48 bits per heavy atom. The summed E-state index contributed by atoms with van der Waals surface area (Å²) in [6.45, 7) is 0.208. The Morgan fingerprint density at radius 2 is 1.79 bits per heavy atom. The van der Waals surface area contributed by atoms with Gasteiger partial charge in [-0.15, -0.1) is 0 Å². The molecule has 0 aliphatic carbocycles. The van der Waals surface area contributed by atoms with Crippen molar-refractivity contribution in [3.05, 3.63) is 103 Å². The van der Waals surface area contributed by atoms with E-state index in [1.54, 1.807) is 30.3 Å². The molecule has 1 aromatic heterocycles. The molecule has 0 spiro atoms. The molecule has 0 saturated heterocycles. The lowest BCUT2D eigenvalue weighted by molar-refractivity contribution is -0.384. The maximum absolute atomic E-state index is 12.6. The topological polar surface area (TPSA) is 129 Å². The summed E-state index contributed by atoms with van der Waals surface area (Å²) in [4.78, 5) is 22.4. The van der Waals surface area contributed by atoms with Gasteiger partial charge in [-0.1, -0.05) is 24.3 Å². The molecular weight excluding hydrogens is 516 g/mol. The van der Waals surface area contributed by atoms with Gasteiger partial charge in [0, 0.05) is 34.6 Å². The number of para-hydroxylation sites is 1. The Hall–Kier alpha value is -3.70. The number of non-ortho nitro benzene ring substituents is 1. The van der Waals surface area contributed by atoms with Crippen LogP contribution in [0.1, 0.15) is 5.56 Å². The summed E-state index contributed by atoms with van der Waals surface area (Å²) in [6.07, 6.45) is 0. The predicted molar refractivity (Wildman–Crippen MR) is 125 cm³/mol. The minimum absolute atomic E-state index is 0.0449. The van der Waals surface area contributed by atoms with Gasteiger partial charge in [-0.2, -0.15) is 8.42 Å². The molecule has 0 fully saturated rings. The fourth-order valence-electron chi connectivity index (χ4n) is 3.11. The number of fused-ring (bicyclic) bond motifs is 1. The molecule has 0 atom stereocenters. The normalized spacial score (nSPS) is 11.3. The number of anilines is 1. The number of halogens is 1. The zero-order valence-corrected chi connectivity index (χ0v) is 19.1. The molecule has 3 aromatic carbocycles. The van der Waals surface area contributed by atoms with Gasteiger partial charge in [-0.3, -0.25) is 10.1 Å². The largest absolute Gasteiger partial charge is 0.423 e. The molecule has 168 valence electrons. The average molecular weight is 531 g/mol. The standard InChI is InChI=1S/C22H15BrN2O7S/c23-18-10-14(6-9-21(18)33(29,30)32-16-4-2-1-3-5-16)13-24-19-12-22(26)31-20-8-7-15(25(27)28)11-17(19)20/h1-12,24H,13H2. The zero-order valence-electron chi connectivity index (χ0n) is 16.7. The molecule has 1 heterocycles. The van der Waals surface area contributed by atoms with Crippen LogP contribution < -0.4 is 15.1 Å². The van der Waals surface area contributed by atoms with Crippen LogP contribution in [-0.2, 0) is 16.7 Å². The second-order valence-corrected chi connectivity index (χ2v) is 9.25. The number of benzene rings is 3. The average Bonchev–Trinajstić information content (AvgIpc) is 2.77. The van der Waals surface area contributed by atoms with Gasteiger partial charge in [0.05, 0.1) is 10.6 Å². The summed E-state index contributed by atoms with van der Waals surface area (Å²) in [7, 11) is -4.06. The van der Waals surface area contributed by atoms with E-state index in [0.29, 0.717) is 21.1 Å². The SMILES string of the molecule is O=c1cc(NCc2ccc(S(=O)(=O)Oc3ccccc3)c(Br)c2)c2cc([N+](=O)[O-])ccc2o1. The Bertz CT molecular complexity index is 1520. The predicted octanol–water partition coefficient (Wildman–Crippen LogP) is 4.84. The van der Waals surface area contributed by atoms with Gasteiger partial charge in [0.25, 0.3) is 5.69 Å². The van der Waals surface area contributed by atoms with Gasteiger partial charge in [-0.05, 0) is 51.8 Å². The van der Waals surface area contributed by atoms with Crippen molar-refractivity contribution in [1.29, 1.82) is 0 Å². The number of rotatable bonds is 7. The first-order chi connectivity index (χ1) is 15.7. The van der Waals surface area contributed by atoms with Crippen molar-refractivity contribution >= 4 is 48.4 Å². The second kappa shape index (κ2) is 9.04. The third-order valence-corrected chi connectivity index (χ3v) is 6.86. The number of hydrogen-bond donors (Lipinski definition) is 1. The third kappa shape index (κ3) is 5.04. The van der Waals surface area contributed by atoms with Crippen LogP contribution in [0.2, 0.25) is 0 Å². The summed E-state index contributed by atoms with van der Waals surface area (Å²) < 4.78 is 35.8. The van der Waals surface area contributed by atoms with E-state index in [2.05, 4.69) is 21.2 Å². The highest BCUT2D eigenvalue weighted by Crippen LogP contribution is 2.29. The van der Waals surface area contributed by atoms with E-state index in [4.69, 9.17) is 8.60 Å². The number of nitrogens with one attached hydrogen (secondary N) is 1. The van der Waals surface area contributed by atoms with E-state index in [9.17, 15) is 23.3 Å². The van der Waals surface area contributed by atoms with Crippen LogP contribution in [0.4, 0.5) is 11.4 Å². The smallest absolute Gasteiger partial charge is 0.340 e. The molecule has 0 saturated carbocycles. The lowest BCUT2D eigenvalue weighted by atomic mass is 10.1. The van der Waals surface area contributed by atoms with E-state index >= 15 is 0 Å². The molecule has 0 amide bonds. The molecule has 0 radical (unpaired) electrons. The molecule has 33 heavy (non-hydrogen) atoms. The maximum Gasteiger partial charge on any atom is 0.340 e. The van der Waals surface area contributed by atoms with Crippen LogP contribution >= 0.6 is 15.9 Å². The van der Waals surface area contributed by atoms with Crippen LogP contribution in [0.25, 0.3) is 11.0 Å². The molecule has 0 unspecified atom stereocenters. The molecule has 4 aromatic rings. The van der Waals surface area contributed by atoms with Crippen molar-refractivity contribution < 1.29 is 21.9 Å². The van der Waals surface area contributed by atoms with Crippen molar-refractivity contribution in [2.75, 3.05) is 5.32 Å². The van der Waals surface area contributed by atoms with Crippen LogP contribution in [-0.4, -0.2) is 13.3 Å². The van der Waals surface area contributed by atoms with E-state index in [0.717, 1.165) is 0 Å². The Kier molecular flexibility index (Phi) is 6.16. The molecule has 1 N–H and O–H groups in total. The quantitative estimate of drug-likeness (QED) is 0.155. The number of nitrogens with zero attached hydrogens (tertiary/aromatic N) is 1. The minimum Gasteiger partial charge on any atom is -0.423 e. The fourth-order valence-corrected chi connectivity index (χ4v) is 5.12. The van der Waals surface area contributed by atoms with Gasteiger partial charge < -0.3 is 13.9 Å². The molecular formula is C22H15BrN2O7S. The van der Waals surface area contributed by atoms with Crippen molar-refractivity contribution in [3.63, 3.8) is 0 Å². The zero-order chi connectivity index (χ0) is 23.6. The van der Waals surface area contributed by atoms with Crippen LogP contribution in [0.3, 0.4) is 0 Å². The summed E-state index contributed by atoms with van der Waals surface area (Å²) in [5.74, 6) is 0.194. The number of nitro benzene ring substituents is 1. The van der Waals surface area contributed by atoms with E-state index < -0.39 is 20.7 Å². The summed E-state index contributed by atoms with van der Waals surface area (Å²) in [5.41, 5.74) is 0.489. The van der Waals surface area contributed by atoms with Crippen LogP contribution in [0, 0.1) is 10.1 Å². The number of hydrogen-bond acceptors (Lipinski definition) is 8. The highest BCUT2D eigenvalue weighted by molar-refractivity contribution is 9.10. The second-order valence-electron chi connectivity index (χ2n) is 6.89. The van der Waals surface area contributed by atoms with Gasteiger partial charge in [0.15, 0.2) is 0 Å². The molecule has 4 rings (SSSR count). The van der Waals surface area contributed by atoms with Crippen molar-refractivity contribution in [3.8, 4) is 5.75 Å². The molecule has 0 aliphatic heterocycles. The van der Waals surface area contributed by atoms with E-state index in [1.165, 1.54) is 42.5 Å². The van der Waals surface area contributed by atoms with Gasteiger partial charge in [0.2, 0.25) is 0 Å². The summed E-state index contributed by atoms with van der Waals surface area (Å²) >= 11 is 3.27. The minimum atomic E-state index is -4.06. The van der Waals surface area contributed by atoms with E-state index in [1.807, 2.05) is 0 Å². The summed E-state index contributed by atoms with van der Waals surface area (Å²) in [5, 5.41) is 14.5. The van der Waals surface area contributed by atoms with Crippen LogP contribution in [0.5, 0.6) is 5.75 Å². The maximum atomic E-state index is 12.6. The van der Waals surface area contributed by atoms with Crippen molar-refractivity contribution in [2.24, 2.45) is 0 Å². The summed E-state index contributed by atoms with van der Waals surface area (Å²) in [6, 6.07) is 17.9. The van der Waals surface area contributed by atoms with Gasteiger partial charge >= 0.3 is 15.7 Å². The molecule has 0 bridgehead atoms. The molecule has 11 heteroatoms. The Labute approximate surface area is 196 Å². The first kappa shape index (κ1) is 22.5. The highest BCUT2D eigenvalue weighted by atomic mass is 79.9. The van der Waals surface area contributed by atoms with Gasteiger partial charge in [-0.25, -0.2) is 4.79 Å². The van der Waals surface area contributed by atoms with Crippen molar-refractivity contribution in [1.82, 2.24) is 0 Å².